The number of hydrogen-bond acceptors (Lipinski definition) is 4. The molecule has 0 spiro atoms. The van der Waals surface area contributed by atoms with Gasteiger partial charge < -0.3 is 4.90 Å². The lowest BCUT2D eigenvalue weighted by atomic mass is 9.87. The largest absolute Gasteiger partial charge is 0.303 e. The minimum absolute atomic E-state index is 0.417. The molecular formula is C25H32N6. The van der Waals surface area contributed by atoms with E-state index in [4.69, 9.17) is 5.10 Å². The summed E-state index contributed by atoms with van der Waals surface area (Å²) < 4.78 is 1.88. The van der Waals surface area contributed by atoms with Gasteiger partial charge in [-0.25, -0.2) is 9.50 Å². The SMILES string of the molecule is CCCN1CCC(c2n[nH]c3cc(-c4cc(C)c5ncnn5c4)c(C(C)C)cc23)CC1. The van der Waals surface area contributed by atoms with E-state index in [1.807, 2.05) is 4.52 Å². The maximum atomic E-state index is 4.81. The molecule has 0 amide bonds. The van der Waals surface area contributed by atoms with Crippen LogP contribution < -0.4 is 0 Å². The maximum absolute atomic E-state index is 4.81. The van der Waals surface area contributed by atoms with E-state index >= 15 is 0 Å². The molecule has 0 saturated carbocycles. The second-order valence-electron chi connectivity index (χ2n) is 9.30. The first kappa shape index (κ1) is 20.2. The highest BCUT2D eigenvalue weighted by Crippen LogP contribution is 2.37. The standard InChI is InChI=1S/C25H32N6/c1-5-8-30-9-6-18(7-10-30)24-22-12-20(16(2)3)21(13-23(22)28-29-24)19-11-17(4)25-26-15-27-31(25)14-19/h11-16,18H,5-10H2,1-4H3,(H,28,29). The quantitative estimate of drug-likeness (QED) is 0.480. The third-order valence-electron chi connectivity index (χ3n) is 6.77. The first-order valence-corrected chi connectivity index (χ1v) is 11.6. The number of aromatic amines is 1. The van der Waals surface area contributed by atoms with E-state index in [2.05, 4.69) is 72.2 Å². The van der Waals surface area contributed by atoms with Gasteiger partial charge in [0.05, 0.1) is 11.2 Å². The first-order valence-electron chi connectivity index (χ1n) is 11.6. The second kappa shape index (κ2) is 8.08. The molecule has 1 aliphatic rings. The number of aromatic nitrogens is 5. The molecule has 4 heterocycles. The molecule has 0 radical (unpaired) electrons. The van der Waals surface area contributed by atoms with Gasteiger partial charge in [-0.2, -0.15) is 10.2 Å². The Morgan fingerprint density at radius 3 is 2.71 bits per heavy atom. The molecule has 1 N–H and O–H groups in total. The molecule has 0 aliphatic carbocycles. The van der Waals surface area contributed by atoms with E-state index in [0.717, 1.165) is 16.7 Å². The molecular weight excluding hydrogens is 384 g/mol. The Bertz CT molecular complexity index is 1210. The maximum Gasteiger partial charge on any atom is 0.158 e. The molecule has 1 saturated heterocycles. The van der Waals surface area contributed by atoms with Gasteiger partial charge in [0.25, 0.3) is 0 Å². The third kappa shape index (κ3) is 3.63. The number of benzene rings is 1. The zero-order valence-electron chi connectivity index (χ0n) is 19.0. The summed E-state index contributed by atoms with van der Waals surface area (Å²) in [5.41, 5.74) is 8.20. The average Bonchev–Trinajstić information content (AvgIpc) is 3.40. The predicted molar refractivity (Wildman–Crippen MR) is 126 cm³/mol. The Labute approximate surface area is 183 Å². The topological polar surface area (TPSA) is 62.1 Å². The van der Waals surface area contributed by atoms with Crippen LogP contribution in [0.5, 0.6) is 0 Å². The van der Waals surface area contributed by atoms with Gasteiger partial charge in [-0.3, -0.25) is 5.10 Å². The summed E-state index contributed by atoms with van der Waals surface area (Å²) in [5.74, 6) is 0.960. The monoisotopic (exact) mass is 416 g/mol. The first-order chi connectivity index (χ1) is 15.0. The van der Waals surface area contributed by atoms with Crippen LogP contribution >= 0.6 is 0 Å². The molecule has 0 atom stereocenters. The van der Waals surface area contributed by atoms with Crippen LogP contribution in [0.3, 0.4) is 0 Å². The van der Waals surface area contributed by atoms with Crippen molar-refractivity contribution in [3.63, 3.8) is 0 Å². The van der Waals surface area contributed by atoms with Crippen molar-refractivity contribution in [2.24, 2.45) is 0 Å². The predicted octanol–water partition coefficient (Wildman–Crippen LogP) is 5.29. The van der Waals surface area contributed by atoms with Crippen LogP contribution in [0.4, 0.5) is 0 Å². The van der Waals surface area contributed by atoms with E-state index in [-0.39, 0.29) is 0 Å². The lowest BCUT2D eigenvalue weighted by Gasteiger charge is -2.31. The van der Waals surface area contributed by atoms with Gasteiger partial charge in [-0.15, -0.1) is 0 Å². The normalized spacial score (nSPS) is 16.2. The lowest BCUT2D eigenvalue weighted by Crippen LogP contribution is -2.33. The van der Waals surface area contributed by atoms with E-state index in [0.29, 0.717) is 11.8 Å². The molecule has 31 heavy (non-hydrogen) atoms. The summed E-state index contributed by atoms with van der Waals surface area (Å²) in [6.07, 6.45) is 7.33. The zero-order valence-corrected chi connectivity index (χ0v) is 19.0. The summed E-state index contributed by atoms with van der Waals surface area (Å²) >= 11 is 0. The number of hydrogen-bond donors (Lipinski definition) is 1. The number of piperidine rings is 1. The molecule has 1 fully saturated rings. The molecule has 3 aromatic heterocycles. The molecule has 1 aliphatic heterocycles. The van der Waals surface area contributed by atoms with Crippen molar-refractivity contribution in [3.05, 3.63) is 47.5 Å². The molecule has 6 nitrogen and oxygen atoms in total. The van der Waals surface area contributed by atoms with Crippen molar-refractivity contribution >= 4 is 16.6 Å². The lowest BCUT2D eigenvalue weighted by molar-refractivity contribution is 0.211. The summed E-state index contributed by atoms with van der Waals surface area (Å²) in [6.45, 7) is 12.5. The van der Waals surface area contributed by atoms with Crippen LogP contribution in [0.25, 0.3) is 27.7 Å². The van der Waals surface area contributed by atoms with Crippen molar-refractivity contribution in [2.45, 2.75) is 58.8 Å². The molecule has 1 aromatic carbocycles. The summed E-state index contributed by atoms with van der Waals surface area (Å²) in [4.78, 5) is 6.95. The number of rotatable bonds is 5. The minimum atomic E-state index is 0.417. The van der Waals surface area contributed by atoms with Gasteiger partial charge in [0.1, 0.15) is 6.33 Å². The van der Waals surface area contributed by atoms with Gasteiger partial charge in [-0.1, -0.05) is 20.8 Å². The highest BCUT2D eigenvalue weighted by molar-refractivity contribution is 5.89. The second-order valence-corrected chi connectivity index (χ2v) is 9.30. The molecule has 6 heteroatoms. The molecule has 0 unspecified atom stereocenters. The van der Waals surface area contributed by atoms with E-state index in [9.17, 15) is 0 Å². The Balaban J connectivity index is 1.56. The van der Waals surface area contributed by atoms with Crippen molar-refractivity contribution in [3.8, 4) is 11.1 Å². The third-order valence-corrected chi connectivity index (χ3v) is 6.77. The fourth-order valence-electron chi connectivity index (χ4n) is 5.13. The molecule has 4 aromatic rings. The highest BCUT2D eigenvalue weighted by atomic mass is 15.3. The van der Waals surface area contributed by atoms with Crippen LogP contribution in [0.1, 0.15) is 68.7 Å². The number of likely N-dealkylation sites (tertiary alicyclic amines) is 1. The molecule has 0 bridgehead atoms. The van der Waals surface area contributed by atoms with E-state index in [1.165, 1.54) is 66.7 Å². The Kier molecular flexibility index (Phi) is 5.26. The Morgan fingerprint density at radius 2 is 1.97 bits per heavy atom. The Hall–Kier alpha value is -2.73. The minimum Gasteiger partial charge on any atom is -0.303 e. The number of H-pyrrole nitrogens is 1. The Morgan fingerprint density at radius 1 is 1.16 bits per heavy atom. The number of pyridine rings is 1. The van der Waals surface area contributed by atoms with Crippen LogP contribution in [0, 0.1) is 6.92 Å². The van der Waals surface area contributed by atoms with Gasteiger partial charge in [0.2, 0.25) is 0 Å². The molecule has 162 valence electrons. The molecule has 5 rings (SSSR count). The van der Waals surface area contributed by atoms with Gasteiger partial charge in [0, 0.05) is 23.1 Å². The highest BCUT2D eigenvalue weighted by Gasteiger charge is 2.25. The van der Waals surface area contributed by atoms with Crippen molar-refractivity contribution in [2.75, 3.05) is 19.6 Å². The fourth-order valence-corrected chi connectivity index (χ4v) is 5.13. The fraction of sp³-hybridized carbons (Fsp3) is 0.480. The zero-order chi connectivity index (χ0) is 21.5. The van der Waals surface area contributed by atoms with Crippen LogP contribution in [0.15, 0.2) is 30.7 Å². The van der Waals surface area contributed by atoms with Crippen molar-refractivity contribution in [1.82, 2.24) is 29.7 Å². The summed E-state index contributed by atoms with van der Waals surface area (Å²) in [5, 5.41) is 13.8. The van der Waals surface area contributed by atoms with Gasteiger partial charge in [0.15, 0.2) is 5.65 Å². The van der Waals surface area contributed by atoms with Gasteiger partial charge in [-0.05, 0) is 86.6 Å². The van der Waals surface area contributed by atoms with Gasteiger partial charge >= 0.3 is 0 Å². The number of nitrogens with one attached hydrogen (secondary N) is 1. The van der Waals surface area contributed by atoms with Crippen LogP contribution in [-0.2, 0) is 0 Å². The smallest absolute Gasteiger partial charge is 0.158 e. The number of fused-ring (bicyclic) bond motifs is 2. The van der Waals surface area contributed by atoms with Crippen molar-refractivity contribution in [1.29, 1.82) is 0 Å². The van der Waals surface area contributed by atoms with E-state index in [1.54, 1.807) is 6.33 Å². The van der Waals surface area contributed by atoms with Crippen LogP contribution in [0.2, 0.25) is 0 Å². The van der Waals surface area contributed by atoms with Crippen LogP contribution in [-0.4, -0.2) is 49.3 Å². The summed E-state index contributed by atoms with van der Waals surface area (Å²) in [7, 11) is 0. The average molecular weight is 417 g/mol. The summed E-state index contributed by atoms with van der Waals surface area (Å²) in [6, 6.07) is 6.89. The number of aryl methyl sites for hydroxylation is 1. The number of nitrogens with zero attached hydrogens (tertiary/aromatic N) is 5. The van der Waals surface area contributed by atoms with E-state index < -0.39 is 0 Å². The van der Waals surface area contributed by atoms with Crippen molar-refractivity contribution < 1.29 is 0 Å².